The fourth-order valence-electron chi connectivity index (χ4n) is 0.915. The number of hydrogen-bond acceptors (Lipinski definition) is 3. The predicted molar refractivity (Wildman–Crippen MR) is 51.5 cm³/mol. The van der Waals surface area contributed by atoms with Gasteiger partial charge in [-0.25, -0.2) is 0 Å². The molecule has 1 aromatic carbocycles. The van der Waals surface area contributed by atoms with Crippen LogP contribution < -0.4 is 10.5 Å². The Morgan fingerprint density at radius 2 is 2.23 bits per heavy atom. The quantitative estimate of drug-likeness (QED) is 0.428. The molecule has 0 bridgehead atoms. The Morgan fingerprint density at radius 3 is 2.77 bits per heavy atom. The smallest absolute Gasteiger partial charge is 0.310 e. The minimum Gasteiger partial charge on any atom is -0.427 e. The van der Waals surface area contributed by atoms with Gasteiger partial charge in [-0.3, -0.25) is 4.79 Å². The van der Waals surface area contributed by atoms with Crippen LogP contribution in [0.4, 0.5) is 5.69 Å². The predicted octanol–water partition coefficient (Wildman–Crippen LogP) is 1.89. The minimum absolute atomic E-state index is 0.232. The number of carbonyl (C=O) groups is 1. The Kier molecular flexibility index (Phi) is 2.90. The van der Waals surface area contributed by atoms with Gasteiger partial charge in [0.25, 0.3) is 0 Å². The highest BCUT2D eigenvalue weighted by Crippen LogP contribution is 2.18. The van der Waals surface area contributed by atoms with Gasteiger partial charge in [0, 0.05) is 12.1 Å². The average Bonchev–Trinajstić information content (AvgIpc) is 2.11. The van der Waals surface area contributed by atoms with E-state index >= 15 is 0 Å². The Bertz CT molecular complexity index is 321. The largest absolute Gasteiger partial charge is 0.427 e. The molecule has 0 aliphatic carbocycles. The van der Waals surface area contributed by atoms with Crippen LogP contribution in [-0.2, 0) is 4.79 Å². The van der Waals surface area contributed by atoms with E-state index in [4.69, 9.17) is 10.5 Å². The molecule has 0 atom stereocenters. The third-order valence-corrected chi connectivity index (χ3v) is 1.76. The summed E-state index contributed by atoms with van der Waals surface area (Å²) in [5.74, 6) is 0.322. The van der Waals surface area contributed by atoms with Crippen molar-refractivity contribution in [3.63, 3.8) is 0 Å². The van der Waals surface area contributed by atoms with Gasteiger partial charge in [0.2, 0.25) is 0 Å². The van der Waals surface area contributed by atoms with E-state index in [2.05, 4.69) is 0 Å². The molecule has 0 fully saturated rings. The standard InChI is InChI=1S/C10H13NO2/c1-3-10(12)13-8-4-5-9(11)7(2)6-8/h4-6H,3,11H2,1-2H3. The van der Waals surface area contributed by atoms with E-state index in [0.717, 1.165) is 5.56 Å². The van der Waals surface area contributed by atoms with Crippen LogP contribution in [0.1, 0.15) is 18.9 Å². The molecule has 0 spiro atoms. The van der Waals surface area contributed by atoms with Gasteiger partial charge in [0.15, 0.2) is 0 Å². The van der Waals surface area contributed by atoms with Crippen LogP contribution in [0.3, 0.4) is 0 Å². The maximum absolute atomic E-state index is 10.9. The summed E-state index contributed by atoms with van der Waals surface area (Å²) in [7, 11) is 0. The Balaban J connectivity index is 2.79. The van der Waals surface area contributed by atoms with Gasteiger partial charge in [-0.15, -0.1) is 0 Å². The highest BCUT2D eigenvalue weighted by Gasteiger charge is 2.02. The Morgan fingerprint density at radius 1 is 1.54 bits per heavy atom. The van der Waals surface area contributed by atoms with Crippen molar-refractivity contribution in [3.05, 3.63) is 23.8 Å². The van der Waals surface area contributed by atoms with E-state index in [0.29, 0.717) is 17.9 Å². The number of anilines is 1. The maximum Gasteiger partial charge on any atom is 0.310 e. The third-order valence-electron chi connectivity index (χ3n) is 1.76. The van der Waals surface area contributed by atoms with Gasteiger partial charge in [0.05, 0.1) is 0 Å². The van der Waals surface area contributed by atoms with Crippen LogP contribution in [0.5, 0.6) is 5.75 Å². The number of esters is 1. The third kappa shape index (κ3) is 2.47. The van der Waals surface area contributed by atoms with Gasteiger partial charge in [0.1, 0.15) is 5.75 Å². The topological polar surface area (TPSA) is 52.3 Å². The first-order chi connectivity index (χ1) is 6.13. The monoisotopic (exact) mass is 179 g/mol. The molecule has 0 unspecified atom stereocenters. The molecule has 70 valence electrons. The molecule has 0 aliphatic rings. The summed E-state index contributed by atoms with van der Waals surface area (Å²) in [4.78, 5) is 10.9. The summed E-state index contributed by atoms with van der Waals surface area (Å²) >= 11 is 0. The molecule has 0 aliphatic heterocycles. The molecule has 3 heteroatoms. The second-order valence-electron chi connectivity index (χ2n) is 2.85. The van der Waals surface area contributed by atoms with Crippen LogP contribution in [-0.4, -0.2) is 5.97 Å². The molecule has 0 saturated carbocycles. The number of rotatable bonds is 2. The molecule has 2 N–H and O–H groups in total. The van der Waals surface area contributed by atoms with Crippen LogP contribution in [0.15, 0.2) is 18.2 Å². The van der Waals surface area contributed by atoms with Crippen molar-refractivity contribution >= 4 is 11.7 Å². The summed E-state index contributed by atoms with van der Waals surface area (Å²) in [6.07, 6.45) is 0.378. The lowest BCUT2D eigenvalue weighted by atomic mass is 10.2. The van der Waals surface area contributed by atoms with Gasteiger partial charge in [-0.2, -0.15) is 0 Å². The first-order valence-electron chi connectivity index (χ1n) is 4.20. The van der Waals surface area contributed by atoms with Crippen molar-refractivity contribution < 1.29 is 9.53 Å². The Labute approximate surface area is 77.5 Å². The van der Waals surface area contributed by atoms with E-state index in [-0.39, 0.29) is 5.97 Å². The second-order valence-corrected chi connectivity index (χ2v) is 2.85. The zero-order valence-electron chi connectivity index (χ0n) is 7.83. The number of ether oxygens (including phenoxy) is 1. The number of aryl methyl sites for hydroxylation is 1. The lowest BCUT2D eigenvalue weighted by Gasteiger charge is -2.04. The molecule has 0 amide bonds. The Hall–Kier alpha value is -1.51. The fraction of sp³-hybridized carbons (Fsp3) is 0.300. The molecule has 0 heterocycles. The zero-order chi connectivity index (χ0) is 9.84. The van der Waals surface area contributed by atoms with Crippen LogP contribution in [0.2, 0.25) is 0 Å². The average molecular weight is 179 g/mol. The van der Waals surface area contributed by atoms with Crippen molar-refractivity contribution in [1.29, 1.82) is 0 Å². The summed E-state index contributed by atoms with van der Waals surface area (Å²) in [5.41, 5.74) is 7.23. The number of nitrogens with two attached hydrogens (primary N) is 1. The lowest BCUT2D eigenvalue weighted by Crippen LogP contribution is -2.05. The van der Waals surface area contributed by atoms with Crippen LogP contribution in [0, 0.1) is 6.92 Å². The summed E-state index contributed by atoms with van der Waals surface area (Å²) < 4.78 is 5.00. The number of carbonyl (C=O) groups excluding carboxylic acids is 1. The van der Waals surface area contributed by atoms with Crippen molar-refractivity contribution in [3.8, 4) is 5.75 Å². The zero-order valence-corrected chi connectivity index (χ0v) is 7.83. The molecule has 13 heavy (non-hydrogen) atoms. The highest BCUT2D eigenvalue weighted by atomic mass is 16.5. The van der Waals surface area contributed by atoms with Gasteiger partial charge < -0.3 is 10.5 Å². The number of benzene rings is 1. The minimum atomic E-state index is -0.232. The summed E-state index contributed by atoms with van der Waals surface area (Å²) in [5, 5.41) is 0. The molecule has 0 saturated heterocycles. The summed E-state index contributed by atoms with van der Waals surface area (Å²) in [6.45, 7) is 3.63. The second kappa shape index (κ2) is 3.94. The van der Waals surface area contributed by atoms with Gasteiger partial charge in [-0.05, 0) is 30.7 Å². The number of hydrogen-bond donors (Lipinski definition) is 1. The van der Waals surface area contributed by atoms with E-state index in [1.807, 2.05) is 6.92 Å². The van der Waals surface area contributed by atoms with E-state index < -0.39 is 0 Å². The van der Waals surface area contributed by atoms with Crippen molar-refractivity contribution in [2.75, 3.05) is 5.73 Å². The van der Waals surface area contributed by atoms with E-state index in [1.54, 1.807) is 25.1 Å². The molecular weight excluding hydrogens is 166 g/mol. The lowest BCUT2D eigenvalue weighted by molar-refractivity contribution is -0.134. The van der Waals surface area contributed by atoms with Crippen molar-refractivity contribution in [2.45, 2.75) is 20.3 Å². The van der Waals surface area contributed by atoms with Crippen molar-refractivity contribution in [2.24, 2.45) is 0 Å². The molecule has 3 nitrogen and oxygen atoms in total. The first kappa shape index (κ1) is 9.58. The summed E-state index contributed by atoms with van der Waals surface area (Å²) in [6, 6.07) is 5.17. The van der Waals surface area contributed by atoms with Gasteiger partial charge in [-0.1, -0.05) is 6.92 Å². The maximum atomic E-state index is 10.9. The molecule has 1 aromatic rings. The molecule has 0 aromatic heterocycles. The molecular formula is C10H13NO2. The number of nitrogen functional groups attached to an aromatic ring is 1. The SMILES string of the molecule is CCC(=O)Oc1ccc(N)c(C)c1. The first-order valence-corrected chi connectivity index (χ1v) is 4.20. The molecule has 0 radical (unpaired) electrons. The van der Waals surface area contributed by atoms with E-state index in [9.17, 15) is 4.79 Å². The van der Waals surface area contributed by atoms with E-state index in [1.165, 1.54) is 0 Å². The highest BCUT2D eigenvalue weighted by molar-refractivity contribution is 5.72. The molecule has 1 rings (SSSR count). The van der Waals surface area contributed by atoms with Crippen LogP contribution >= 0.6 is 0 Å². The van der Waals surface area contributed by atoms with Crippen molar-refractivity contribution in [1.82, 2.24) is 0 Å². The van der Waals surface area contributed by atoms with Gasteiger partial charge >= 0.3 is 5.97 Å². The normalized spacial score (nSPS) is 9.69. The van der Waals surface area contributed by atoms with Crippen LogP contribution in [0.25, 0.3) is 0 Å². The fourth-order valence-corrected chi connectivity index (χ4v) is 0.915.